The molecule has 0 aliphatic carbocycles. The number of anilines is 1. The van der Waals surface area contributed by atoms with Gasteiger partial charge in [0.1, 0.15) is 0 Å². The number of aryl methyl sites for hydroxylation is 1. The van der Waals surface area contributed by atoms with Gasteiger partial charge in [-0.3, -0.25) is 14.5 Å². The molecule has 1 aliphatic rings. The number of carbonyl (C=O) groups excluding carboxylic acids is 2. The van der Waals surface area contributed by atoms with E-state index >= 15 is 0 Å². The third-order valence-electron chi connectivity index (χ3n) is 5.56. The van der Waals surface area contributed by atoms with Crippen molar-refractivity contribution in [3.63, 3.8) is 0 Å². The molecule has 2 N–H and O–H groups in total. The molecule has 2 heterocycles. The summed E-state index contributed by atoms with van der Waals surface area (Å²) in [4.78, 5) is 28.4. The first-order valence-electron chi connectivity index (χ1n) is 10.2. The molecule has 0 radical (unpaired) electrons. The van der Waals surface area contributed by atoms with Gasteiger partial charge in [0.05, 0.1) is 6.04 Å². The molecule has 3 aromatic rings. The first-order chi connectivity index (χ1) is 15.0. The van der Waals surface area contributed by atoms with Gasteiger partial charge in [-0.05, 0) is 53.6 Å². The lowest BCUT2D eigenvalue weighted by atomic mass is 9.98. The van der Waals surface area contributed by atoms with E-state index in [2.05, 4.69) is 45.9 Å². The Morgan fingerprint density at radius 1 is 1.10 bits per heavy atom. The van der Waals surface area contributed by atoms with E-state index in [9.17, 15) is 9.59 Å². The standard InChI is InChI=1S/C24H24ClN3O2S/c1-16-8-9-19(13-20(16)25)27-24(30)23(29)26-14-21(22-7-4-12-31-22)28-11-10-17-5-2-3-6-18(17)15-28/h2-9,12-13,21H,10-11,14-15H2,1H3,(H,26,29)(H,27,30)/t21-/m1/s1. The summed E-state index contributed by atoms with van der Waals surface area (Å²) in [6, 6.07) is 17.7. The molecule has 0 bridgehead atoms. The fourth-order valence-electron chi connectivity index (χ4n) is 3.80. The van der Waals surface area contributed by atoms with E-state index in [1.54, 1.807) is 29.5 Å². The van der Waals surface area contributed by atoms with Crippen LogP contribution >= 0.6 is 22.9 Å². The number of thiophene rings is 1. The molecule has 0 saturated heterocycles. The van der Waals surface area contributed by atoms with Crippen molar-refractivity contribution in [3.8, 4) is 0 Å². The van der Waals surface area contributed by atoms with Crippen LogP contribution in [0.4, 0.5) is 5.69 Å². The second-order valence-corrected chi connectivity index (χ2v) is 9.03. The molecular weight excluding hydrogens is 430 g/mol. The van der Waals surface area contributed by atoms with Gasteiger partial charge < -0.3 is 10.6 Å². The number of hydrogen-bond acceptors (Lipinski definition) is 4. The Hall–Kier alpha value is -2.67. The Balaban J connectivity index is 1.41. The van der Waals surface area contributed by atoms with Crippen molar-refractivity contribution in [2.75, 3.05) is 18.4 Å². The Morgan fingerprint density at radius 3 is 2.65 bits per heavy atom. The number of rotatable bonds is 5. The zero-order valence-corrected chi connectivity index (χ0v) is 18.8. The van der Waals surface area contributed by atoms with Crippen LogP contribution in [0.5, 0.6) is 0 Å². The highest BCUT2D eigenvalue weighted by Crippen LogP contribution is 2.30. The highest BCUT2D eigenvalue weighted by Gasteiger charge is 2.26. The minimum atomic E-state index is -0.700. The number of benzene rings is 2. The fraction of sp³-hybridized carbons (Fsp3) is 0.250. The molecular formula is C24H24ClN3O2S. The average Bonchev–Trinajstić information content (AvgIpc) is 3.31. The quantitative estimate of drug-likeness (QED) is 0.556. The molecule has 1 aromatic heterocycles. The zero-order chi connectivity index (χ0) is 21.8. The van der Waals surface area contributed by atoms with Crippen LogP contribution in [0.25, 0.3) is 0 Å². The van der Waals surface area contributed by atoms with Gasteiger partial charge in [-0.25, -0.2) is 0 Å². The fourth-order valence-corrected chi connectivity index (χ4v) is 4.84. The molecule has 5 nitrogen and oxygen atoms in total. The lowest BCUT2D eigenvalue weighted by Gasteiger charge is -2.35. The van der Waals surface area contributed by atoms with E-state index in [0.717, 1.165) is 25.1 Å². The van der Waals surface area contributed by atoms with Gasteiger partial charge in [-0.1, -0.05) is 48.0 Å². The van der Waals surface area contributed by atoms with E-state index < -0.39 is 11.8 Å². The number of nitrogens with zero attached hydrogens (tertiary/aromatic N) is 1. The maximum Gasteiger partial charge on any atom is 0.313 e. The van der Waals surface area contributed by atoms with Crippen molar-refractivity contribution >= 4 is 40.4 Å². The number of carbonyl (C=O) groups is 2. The molecule has 0 unspecified atom stereocenters. The summed E-state index contributed by atoms with van der Waals surface area (Å²) < 4.78 is 0. The first-order valence-corrected chi connectivity index (χ1v) is 11.5. The van der Waals surface area contributed by atoms with E-state index in [-0.39, 0.29) is 6.04 Å². The van der Waals surface area contributed by atoms with Crippen LogP contribution < -0.4 is 10.6 Å². The molecule has 4 rings (SSSR count). The molecule has 2 aromatic carbocycles. The summed E-state index contributed by atoms with van der Waals surface area (Å²) in [6.07, 6.45) is 0.973. The summed E-state index contributed by atoms with van der Waals surface area (Å²) in [5.41, 5.74) is 4.10. The third kappa shape index (κ3) is 5.15. The molecule has 0 saturated carbocycles. The van der Waals surface area contributed by atoms with E-state index in [1.807, 2.05) is 18.4 Å². The smallest absolute Gasteiger partial charge is 0.313 e. The number of hydrogen-bond donors (Lipinski definition) is 2. The molecule has 1 aliphatic heterocycles. The molecule has 0 spiro atoms. The van der Waals surface area contributed by atoms with Gasteiger partial charge in [-0.2, -0.15) is 0 Å². The lowest BCUT2D eigenvalue weighted by Crippen LogP contribution is -2.43. The number of fused-ring (bicyclic) bond motifs is 1. The molecule has 2 amide bonds. The van der Waals surface area contributed by atoms with Crippen molar-refractivity contribution in [3.05, 3.63) is 86.6 Å². The molecule has 0 fully saturated rings. The average molecular weight is 454 g/mol. The summed E-state index contributed by atoms with van der Waals surface area (Å²) in [6.45, 7) is 3.97. The van der Waals surface area contributed by atoms with E-state index in [4.69, 9.17) is 11.6 Å². The highest BCUT2D eigenvalue weighted by molar-refractivity contribution is 7.10. The summed E-state index contributed by atoms with van der Waals surface area (Å²) >= 11 is 7.77. The Morgan fingerprint density at radius 2 is 1.90 bits per heavy atom. The van der Waals surface area contributed by atoms with Crippen molar-refractivity contribution < 1.29 is 9.59 Å². The second-order valence-electron chi connectivity index (χ2n) is 7.65. The lowest BCUT2D eigenvalue weighted by molar-refractivity contribution is -0.136. The Labute approximate surface area is 191 Å². The Bertz CT molecular complexity index is 1080. The van der Waals surface area contributed by atoms with E-state index in [0.29, 0.717) is 17.3 Å². The van der Waals surface area contributed by atoms with Crippen molar-refractivity contribution in [1.82, 2.24) is 10.2 Å². The van der Waals surface area contributed by atoms with Gasteiger partial charge in [0.2, 0.25) is 0 Å². The number of amides is 2. The van der Waals surface area contributed by atoms with Gasteiger partial charge in [0, 0.05) is 35.2 Å². The second kappa shape index (κ2) is 9.64. The van der Waals surface area contributed by atoms with Crippen molar-refractivity contribution in [2.45, 2.75) is 25.9 Å². The topological polar surface area (TPSA) is 61.4 Å². The first kappa shape index (κ1) is 21.6. The van der Waals surface area contributed by atoms with Crippen LogP contribution in [0.3, 0.4) is 0 Å². The zero-order valence-electron chi connectivity index (χ0n) is 17.2. The SMILES string of the molecule is Cc1ccc(NC(=O)C(=O)NC[C@H](c2cccs2)N2CCc3ccccc3C2)cc1Cl. The molecule has 7 heteroatoms. The highest BCUT2D eigenvalue weighted by atomic mass is 35.5. The van der Waals surface area contributed by atoms with Crippen molar-refractivity contribution in [2.24, 2.45) is 0 Å². The minimum absolute atomic E-state index is 0.0129. The van der Waals surface area contributed by atoms with Crippen LogP contribution in [-0.4, -0.2) is 29.8 Å². The third-order valence-corrected chi connectivity index (χ3v) is 6.95. The molecule has 1 atom stereocenters. The number of halogens is 1. The van der Waals surface area contributed by atoms with Gasteiger partial charge in [0.25, 0.3) is 0 Å². The maximum atomic E-state index is 12.5. The number of nitrogens with one attached hydrogen (secondary N) is 2. The predicted molar refractivity (Wildman–Crippen MR) is 125 cm³/mol. The van der Waals surface area contributed by atoms with Gasteiger partial charge in [-0.15, -0.1) is 11.3 Å². The predicted octanol–water partition coefficient (Wildman–Crippen LogP) is 4.56. The molecule has 160 valence electrons. The Kier molecular flexibility index (Phi) is 6.70. The van der Waals surface area contributed by atoms with Crippen LogP contribution in [0, 0.1) is 6.92 Å². The largest absolute Gasteiger partial charge is 0.346 e. The van der Waals surface area contributed by atoms with Crippen molar-refractivity contribution in [1.29, 1.82) is 0 Å². The summed E-state index contributed by atoms with van der Waals surface area (Å²) in [7, 11) is 0. The van der Waals surface area contributed by atoms with Gasteiger partial charge in [0.15, 0.2) is 0 Å². The maximum absolute atomic E-state index is 12.5. The van der Waals surface area contributed by atoms with E-state index in [1.165, 1.54) is 16.0 Å². The van der Waals surface area contributed by atoms with Crippen LogP contribution in [0.15, 0.2) is 60.0 Å². The summed E-state index contributed by atoms with van der Waals surface area (Å²) in [5, 5.41) is 8.01. The van der Waals surface area contributed by atoms with Crippen LogP contribution in [-0.2, 0) is 22.6 Å². The normalized spacial score (nSPS) is 14.5. The van der Waals surface area contributed by atoms with Gasteiger partial charge >= 0.3 is 11.8 Å². The molecule has 31 heavy (non-hydrogen) atoms. The minimum Gasteiger partial charge on any atom is -0.346 e. The summed E-state index contributed by atoms with van der Waals surface area (Å²) in [5.74, 6) is -1.36. The monoisotopic (exact) mass is 453 g/mol. The van der Waals surface area contributed by atoms with Crippen LogP contribution in [0.2, 0.25) is 5.02 Å². The van der Waals surface area contributed by atoms with Crippen LogP contribution in [0.1, 0.15) is 27.6 Å².